The van der Waals surface area contributed by atoms with E-state index in [1.54, 1.807) is 30.5 Å². The number of benzene rings is 5. The van der Waals surface area contributed by atoms with Gasteiger partial charge in [-0.15, -0.1) is 0 Å². The van der Waals surface area contributed by atoms with Crippen LogP contribution < -0.4 is 24.4 Å². The average Bonchev–Trinajstić information content (AvgIpc) is 3.85. The van der Waals surface area contributed by atoms with Crippen molar-refractivity contribution in [1.29, 1.82) is 0 Å². The molecular weight excluding hydrogens is 910 g/mol. The standard InChI is InChI=1S/C50H54ClN7O9S/c51-38-6-4-36(5-7-38)42-12-9-40(66-29-24-55-22-27-65-28-23-55)30-37(42)34-56-18-20-57(21-19-56)39-8-11-44(49(31-39)67-48-3-1-2-45-43(48)14-17-52-45)50(59)54-68(62,63)41-10-13-46(47(32-41)58(60)61)53-33-35-15-25-64-26-16-35/h1-14,17,30-32,35,52-53H,15-16,18-29,33-34H2,(H,54,59). The third kappa shape index (κ3) is 11.4. The highest BCUT2D eigenvalue weighted by Gasteiger charge is 2.28. The maximum Gasteiger partial charge on any atom is 0.293 e. The summed E-state index contributed by atoms with van der Waals surface area (Å²) in [5.74, 6) is 0.736. The van der Waals surface area contributed by atoms with E-state index in [1.807, 2.05) is 48.5 Å². The Hall–Kier alpha value is -6.21. The van der Waals surface area contributed by atoms with Gasteiger partial charge in [-0.05, 0) is 102 Å². The van der Waals surface area contributed by atoms with E-state index in [4.69, 9.17) is 30.5 Å². The van der Waals surface area contributed by atoms with Crippen LogP contribution in [-0.4, -0.2) is 119 Å². The lowest BCUT2D eigenvalue weighted by Gasteiger charge is -2.36. The normalized spacial score (nSPS) is 16.4. The highest BCUT2D eigenvalue weighted by Crippen LogP contribution is 2.36. The van der Waals surface area contributed by atoms with Crippen molar-refractivity contribution < 1.29 is 37.1 Å². The molecular formula is C50H54ClN7O9S. The summed E-state index contributed by atoms with van der Waals surface area (Å²) < 4.78 is 53.4. The number of hydrogen-bond donors (Lipinski definition) is 3. The molecule has 0 atom stereocenters. The molecule has 16 nitrogen and oxygen atoms in total. The first-order valence-electron chi connectivity index (χ1n) is 22.9. The second kappa shape index (κ2) is 21.4. The van der Waals surface area contributed by atoms with Crippen LogP contribution in [-0.2, 0) is 26.0 Å². The van der Waals surface area contributed by atoms with Crippen LogP contribution in [0.3, 0.4) is 0 Å². The monoisotopic (exact) mass is 963 g/mol. The largest absolute Gasteiger partial charge is 0.492 e. The number of nitro benzene ring substituents is 1. The van der Waals surface area contributed by atoms with Gasteiger partial charge in [0.15, 0.2) is 0 Å². The average molecular weight is 965 g/mol. The molecule has 0 unspecified atom stereocenters. The molecule has 0 bridgehead atoms. The number of carbonyl (C=O) groups excluding carboxylic acids is 1. The number of nitrogens with one attached hydrogen (secondary N) is 3. The Bertz CT molecular complexity index is 2840. The molecule has 3 N–H and O–H groups in total. The predicted molar refractivity (Wildman–Crippen MR) is 262 cm³/mol. The van der Waals surface area contributed by atoms with E-state index in [9.17, 15) is 23.3 Å². The summed E-state index contributed by atoms with van der Waals surface area (Å²) in [6, 6.07) is 30.1. The van der Waals surface area contributed by atoms with Crippen LogP contribution >= 0.6 is 11.6 Å². The zero-order valence-electron chi connectivity index (χ0n) is 37.5. The number of ether oxygens (including phenoxy) is 4. The number of rotatable bonds is 17. The van der Waals surface area contributed by atoms with Crippen molar-refractivity contribution in [2.45, 2.75) is 24.3 Å². The fraction of sp³-hybridized carbons (Fsp3) is 0.340. The van der Waals surface area contributed by atoms with E-state index in [-0.39, 0.29) is 22.9 Å². The van der Waals surface area contributed by atoms with E-state index in [1.165, 1.54) is 12.1 Å². The van der Waals surface area contributed by atoms with Crippen molar-refractivity contribution in [3.8, 4) is 28.4 Å². The quantitative estimate of drug-likeness (QED) is 0.0589. The van der Waals surface area contributed by atoms with Crippen molar-refractivity contribution in [2.75, 3.05) is 95.6 Å². The molecule has 18 heteroatoms. The number of piperazine rings is 1. The Labute approximate surface area is 400 Å². The summed E-state index contributed by atoms with van der Waals surface area (Å²) in [5, 5.41) is 16.7. The number of nitro groups is 1. The molecule has 6 aromatic rings. The van der Waals surface area contributed by atoms with Crippen LogP contribution in [0, 0.1) is 16.0 Å². The number of fused-ring (bicyclic) bond motifs is 1. The van der Waals surface area contributed by atoms with Crippen LogP contribution in [0.25, 0.3) is 22.0 Å². The highest BCUT2D eigenvalue weighted by molar-refractivity contribution is 7.90. The molecule has 1 amide bonds. The maximum absolute atomic E-state index is 14.1. The van der Waals surface area contributed by atoms with Crippen molar-refractivity contribution >= 4 is 55.5 Å². The number of anilines is 2. The summed E-state index contributed by atoms with van der Waals surface area (Å²) in [7, 11) is -4.57. The number of hydrogen-bond acceptors (Lipinski definition) is 13. The molecule has 356 valence electrons. The van der Waals surface area contributed by atoms with Gasteiger partial charge in [0, 0.05) is 112 Å². The van der Waals surface area contributed by atoms with E-state index < -0.39 is 31.4 Å². The fourth-order valence-corrected chi connectivity index (χ4v) is 10.00. The van der Waals surface area contributed by atoms with Crippen molar-refractivity contribution in [2.24, 2.45) is 5.92 Å². The summed E-state index contributed by atoms with van der Waals surface area (Å²) >= 11 is 6.27. The molecule has 3 saturated heterocycles. The molecule has 3 aliphatic heterocycles. The summed E-state index contributed by atoms with van der Waals surface area (Å²) in [6.07, 6.45) is 3.42. The Balaban J connectivity index is 0.917. The molecule has 4 heterocycles. The second-order valence-electron chi connectivity index (χ2n) is 17.2. The first kappa shape index (κ1) is 46.9. The lowest BCUT2D eigenvalue weighted by Crippen LogP contribution is -2.46. The minimum absolute atomic E-state index is 0.0328. The van der Waals surface area contributed by atoms with Crippen molar-refractivity contribution in [1.82, 2.24) is 19.5 Å². The lowest BCUT2D eigenvalue weighted by atomic mass is 9.98. The highest BCUT2D eigenvalue weighted by atomic mass is 35.5. The van der Waals surface area contributed by atoms with Crippen LogP contribution in [0.4, 0.5) is 17.1 Å². The Morgan fingerprint density at radius 2 is 1.62 bits per heavy atom. The summed E-state index contributed by atoms with van der Waals surface area (Å²) in [6.45, 7) is 9.90. The molecule has 1 aromatic heterocycles. The van der Waals surface area contributed by atoms with Crippen LogP contribution in [0.15, 0.2) is 114 Å². The van der Waals surface area contributed by atoms with Gasteiger partial charge < -0.3 is 34.1 Å². The van der Waals surface area contributed by atoms with E-state index in [2.05, 4.69) is 41.9 Å². The van der Waals surface area contributed by atoms with Crippen LogP contribution in [0.2, 0.25) is 5.02 Å². The summed E-state index contributed by atoms with van der Waals surface area (Å²) in [4.78, 5) is 35.3. The molecule has 0 saturated carbocycles. The lowest BCUT2D eigenvalue weighted by molar-refractivity contribution is -0.384. The zero-order valence-corrected chi connectivity index (χ0v) is 39.1. The summed E-state index contributed by atoms with van der Waals surface area (Å²) in [5.41, 5.74) is 4.66. The fourth-order valence-electron chi connectivity index (χ4n) is 8.89. The van der Waals surface area contributed by atoms with Gasteiger partial charge in [0.05, 0.1) is 28.6 Å². The number of aromatic nitrogens is 1. The maximum atomic E-state index is 14.1. The third-order valence-electron chi connectivity index (χ3n) is 12.8. The molecule has 0 aliphatic carbocycles. The minimum atomic E-state index is -4.57. The first-order chi connectivity index (χ1) is 33.1. The molecule has 9 rings (SSSR count). The number of sulfonamides is 1. The smallest absolute Gasteiger partial charge is 0.293 e. The number of carbonyl (C=O) groups is 1. The predicted octanol–water partition coefficient (Wildman–Crippen LogP) is 8.18. The molecule has 5 aromatic carbocycles. The van der Waals surface area contributed by atoms with Crippen LogP contribution in [0.1, 0.15) is 28.8 Å². The second-order valence-corrected chi connectivity index (χ2v) is 19.3. The Morgan fingerprint density at radius 1 is 0.838 bits per heavy atom. The minimum Gasteiger partial charge on any atom is -0.492 e. The van der Waals surface area contributed by atoms with E-state index >= 15 is 0 Å². The van der Waals surface area contributed by atoms with Gasteiger partial charge in [0.2, 0.25) is 0 Å². The molecule has 3 aliphatic rings. The molecule has 68 heavy (non-hydrogen) atoms. The number of morpholine rings is 1. The first-order valence-corrected chi connectivity index (χ1v) is 24.8. The van der Waals surface area contributed by atoms with Gasteiger partial charge in [-0.1, -0.05) is 35.9 Å². The Kier molecular flexibility index (Phi) is 14.7. The van der Waals surface area contributed by atoms with E-state index in [0.717, 1.165) is 104 Å². The molecule has 0 spiro atoms. The van der Waals surface area contributed by atoms with Crippen LogP contribution in [0.5, 0.6) is 17.2 Å². The number of H-pyrrole nitrogens is 1. The van der Waals surface area contributed by atoms with Gasteiger partial charge in [-0.25, -0.2) is 13.1 Å². The number of amides is 1. The van der Waals surface area contributed by atoms with Gasteiger partial charge in [-0.2, -0.15) is 0 Å². The molecule has 3 fully saturated rings. The van der Waals surface area contributed by atoms with Crippen molar-refractivity contribution in [3.63, 3.8) is 0 Å². The Morgan fingerprint density at radius 3 is 2.40 bits per heavy atom. The topological polar surface area (TPSA) is 181 Å². The van der Waals surface area contributed by atoms with Gasteiger partial charge in [-0.3, -0.25) is 24.7 Å². The van der Waals surface area contributed by atoms with E-state index in [0.29, 0.717) is 56.8 Å². The third-order valence-corrected chi connectivity index (χ3v) is 14.3. The van der Waals surface area contributed by atoms with Gasteiger partial charge in [0.25, 0.3) is 21.6 Å². The van der Waals surface area contributed by atoms with Crippen molar-refractivity contribution in [3.05, 3.63) is 136 Å². The van der Waals surface area contributed by atoms with Gasteiger partial charge >= 0.3 is 0 Å². The molecule has 0 radical (unpaired) electrons. The van der Waals surface area contributed by atoms with Gasteiger partial charge in [0.1, 0.15) is 29.5 Å². The number of halogens is 1. The zero-order chi connectivity index (χ0) is 47.0. The SMILES string of the molecule is O=C(NS(=O)(=O)c1ccc(NCC2CCOCC2)c([N+](=O)[O-])c1)c1ccc(N2CCN(Cc3cc(OCCN4CCOCC4)ccc3-c3ccc(Cl)cc3)CC2)cc1Oc1cccc2[nH]ccc12. The number of nitrogens with zero attached hydrogens (tertiary/aromatic N) is 4. The number of aromatic amines is 1.